The van der Waals surface area contributed by atoms with Gasteiger partial charge in [0.1, 0.15) is 0 Å². The zero-order valence-electron chi connectivity index (χ0n) is 20.9. The third-order valence-electron chi connectivity index (χ3n) is 5.86. The highest BCUT2D eigenvalue weighted by Crippen LogP contribution is 2.49. The number of hydrogen-bond acceptors (Lipinski definition) is 3. The van der Waals surface area contributed by atoms with Crippen LogP contribution in [0.1, 0.15) is 149 Å². The van der Waals surface area contributed by atoms with E-state index in [1.54, 1.807) is 0 Å². The molecule has 0 saturated carbocycles. The largest absolute Gasteiger partial charge is 0.330 e. The molecule has 0 aliphatic carbocycles. The molecule has 0 rings (SSSR count). The zero-order valence-corrected chi connectivity index (χ0v) is 21.8. The van der Waals surface area contributed by atoms with E-state index in [0.29, 0.717) is 19.4 Å². The van der Waals surface area contributed by atoms with Crippen LogP contribution in [-0.2, 0) is 13.6 Å². The van der Waals surface area contributed by atoms with Crippen molar-refractivity contribution < 1.29 is 13.6 Å². The van der Waals surface area contributed by atoms with Gasteiger partial charge in [-0.05, 0) is 19.3 Å². The molecule has 0 aliphatic rings. The van der Waals surface area contributed by atoms with Crippen molar-refractivity contribution in [1.29, 1.82) is 0 Å². The second kappa shape index (κ2) is 23.8. The van der Waals surface area contributed by atoms with E-state index in [1.165, 1.54) is 89.9 Å². The van der Waals surface area contributed by atoms with E-state index < -0.39 is 7.60 Å². The number of rotatable bonds is 25. The first-order valence-corrected chi connectivity index (χ1v) is 15.3. The van der Waals surface area contributed by atoms with Crippen LogP contribution in [0.4, 0.5) is 0 Å². The fourth-order valence-corrected chi connectivity index (χ4v) is 5.54. The zero-order chi connectivity index (χ0) is 22.2. The molecule has 3 nitrogen and oxygen atoms in total. The van der Waals surface area contributed by atoms with E-state index in [-0.39, 0.29) is 0 Å². The van der Waals surface area contributed by atoms with E-state index in [0.717, 1.165) is 38.5 Å². The van der Waals surface area contributed by atoms with Crippen LogP contribution in [0, 0.1) is 0 Å². The molecule has 30 heavy (non-hydrogen) atoms. The van der Waals surface area contributed by atoms with Gasteiger partial charge in [0.15, 0.2) is 0 Å². The molecule has 0 N–H and O–H groups in total. The number of unbranched alkanes of at least 4 members (excludes halogenated alkanes) is 17. The lowest BCUT2D eigenvalue weighted by Gasteiger charge is -2.19. The Morgan fingerprint density at radius 2 is 0.733 bits per heavy atom. The SMILES string of the molecule is CCCCCCCCCCCCCCP(=O)(OCCCCCC)OCCCCCC. The Labute approximate surface area is 190 Å². The molecule has 182 valence electrons. The predicted molar refractivity (Wildman–Crippen MR) is 134 cm³/mol. The van der Waals surface area contributed by atoms with Crippen LogP contribution in [0.25, 0.3) is 0 Å². The van der Waals surface area contributed by atoms with Crippen molar-refractivity contribution in [3.8, 4) is 0 Å². The van der Waals surface area contributed by atoms with Crippen LogP contribution in [0.15, 0.2) is 0 Å². The molecule has 0 saturated heterocycles. The van der Waals surface area contributed by atoms with E-state index in [2.05, 4.69) is 20.8 Å². The molecule has 0 fully saturated rings. The summed E-state index contributed by atoms with van der Waals surface area (Å²) in [6.07, 6.45) is 25.6. The third-order valence-corrected chi connectivity index (χ3v) is 7.87. The molecule has 0 amide bonds. The lowest BCUT2D eigenvalue weighted by molar-refractivity contribution is 0.197. The van der Waals surface area contributed by atoms with Crippen LogP contribution in [0.2, 0.25) is 0 Å². The van der Waals surface area contributed by atoms with Gasteiger partial charge < -0.3 is 9.05 Å². The van der Waals surface area contributed by atoms with Gasteiger partial charge in [0.05, 0.1) is 19.4 Å². The van der Waals surface area contributed by atoms with Crippen molar-refractivity contribution in [2.24, 2.45) is 0 Å². The van der Waals surface area contributed by atoms with Gasteiger partial charge in [0.25, 0.3) is 0 Å². The van der Waals surface area contributed by atoms with Gasteiger partial charge in [-0.3, -0.25) is 4.57 Å². The standard InChI is InChI=1S/C26H55O3P/c1-4-7-10-13-14-15-16-17-18-19-20-23-26-30(27,28-24-21-11-8-5-2)29-25-22-12-9-6-3/h4-26H2,1-3H3. The first kappa shape index (κ1) is 30.1. The Hall–Kier alpha value is 0.150. The molecule has 0 heterocycles. The van der Waals surface area contributed by atoms with Crippen molar-refractivity contribution in [1.82, 2.24) is 0 Å². The van der Waals surface area contributed by atoms with E-state index in [9.17, 15) is 4.57 Å². The Morgan fingerprint density at radius 3 is 1.10 bits per heavy atom. The van der Waals surface area contributed by atoms with Crippen molar-refractivity contribution in [3.63, 3.8) is 0 Å². The highest BCUT2D eigenvalue weighted by molar-refractivity contribution is 7.53. The summed E-state index contributed by atoms with van der Waals surface area (Å²) in [6, 6.07) is 0. The van der Waals surface area contributed by atoms with Gasteiger partial charge in [0.2, 0.25) is 0 Å². The molecule has 0 aromatic heterocycles. The number of hydrogen-bond donors (Lipinski definition) is 0. The maximum Gasteiger partial charge on any atom is 0.330 e. The molecule has 0 spiro atoms. The Bertz CT molecular complexity index is 355. The van der Waals surface area contributed by atoms with Crippen LogP contribution < -0.4 is 0 Å². The third kappa shape index (κ3) is 21.4. The minimum absolute atomic E-state index is 0.588. The molecule has 0 radical (unpaired) electrons. The summed E-state index contributed by atoms with van der Waals surface area (Å²) in [5.74, 6) is 0. The van der Waals surface area contributed by atoms with Crippen LogP contribution >= 0.6 is 7.60 Å². The Balaban J connectivity index is 3.86. The highest BCUT2D eigenvalue weighted by Gasteiger charge is 2.23. The summed E-state index contributed by atoms with van der Waals surface area (Å²) in [6.45, 7) is 7.87. The average molecular weight is 447 g/mol. The van der Waals surface area contributed by atoms with E-state index >= 15 is 0 Å². The first-order valence-electron chi connectivity index (χ1n) is 13.6. The van der Waals surface area contributed by atoms with Crippen molar-refractivity contribution >= 4 is 7.60 Å². The van der Waals surface area contributed by atoms with Crippen molar-refractivity contribution in [2.75, 3.05) is 19.4 Å². The fourth-order valence-electron chi connectivity index (χ4n) is 3.78. The van der Waals surface area contributed by atoms with Gasteiger partial charge in [-0.25, -0.2) is 0 Å². The highest BCUT2D eigenvalue weighted by atomic mass is 31.2. The van der Waals surface area contributed by atoms with Gasteiger partial charge in [0, 0.05) is 0 Å². The molecule has 0 aromatic carbocycles. The van der Waals surface area contributed by atoms with E-state index in [4.69, 9.17) is 9.05 Å². The molecule has 4 heteroatoms. The summed E-state index contributed by atoms with van der Waals surface area (Å²) in [7, 11) is -2.90. The topological polar surface area (TPSA) is 35.5 Å². The van der Waals surface area contributed by atoms with Crippen molar-refractivity contribution in [2.45, 2.75) is 149 Å². The lowest BCUT2D eigenvalue weighted by Crippen LogP contribution is -2.03. The maximum atomic E-state index is 13.1. The van der Waals surface area contributed by atoms with Crippen LogP contribution in [0.5, 0.6) is 0 Å². The predicted octanol–water partition coefficient (Wildman–Crippen LogP) is 10.1. The van der Waals surface area contributed by atoms with Gasteiger partial charge in [-0.15, -0.1) is 0 Å². The molecule has 0 bridgehead atoms. The monoisotopic (exact) mass is 446 g/mol. The molecular weight excluding hydrogens is 391 g/mol. The smallest absolute Gasteiger partial charge is 0.309 e. The average Bonchev–Trinajstić information content (AvgIpc) is 2.74. The molecule has 0 aromatic rings. The van der Waals surface area contributed by atoms with Crippen LogP contribution in [-0.4, -0.2) is 19.4 Å². The van der Waals surface area contributed by atoms with Gasteiger partial charge in [-0.2, -0.15) is 0 Å². The van der Waals surface area contributed by atoms with Crippen LogP contribution in [0.3, 0.4) is 0 Å². The summed E-state index contributed by atoms with van der Waals surface area (Å²) in [4.78, 5) is 0. The van der Waals surface area contributed by atoms with Gasteiger partial charge in [-0.1, -0.05) is 130 Å². The summed E-state index contributed by atoms with van der Waals surface area (Å²) >= 11 is 0. The minimum Gasteiger partial charge on any atom is -0.309 e. The molecule has 0 aliphatic heterocycles. The first-order chi connectivity index (χ1) is 14.7. The van der Waals surface area contributed by atoms with Crippen molar-refractivity contribution in [3.05, 3.63) is 0 Å². The Morgan fingerprint density at radius 1 is 0.433 bits per heavy atom. The normalized spacial score (nSPS) is 12.0. The second-order valence-electron chi connectivity index (χ2n) is 9.01. The lowest BCUT2D eigenvalue weighted by atomic mass is 10.1. The summed E-state index contributed by atoms with van der Waals surface area (Å²) in [5.41, 5.74) is 0. The second-order valence-corrected chi connectivity index (χ2v) is 11.2. The molecular formula is C26H55O3P. The van der Waals surface area contributed by atoms with E-state index in [1.807, 2.05) is 0 Å². The molecule has 0 atom stereocenters. The quantitative estimate of drug-likeness (QED) is 0.103. The Kier molecular flexibility index (Phi) is 23.9. The summed E-state index contributed by atoms with van der Waals surface area (Å²) in [5, 5.41) is 0. The maximum absolute atomic E-state index is 13.1. The minimum atomic E-state index is -2.90. The fraction of sp³-hybridized carbons (Fsp3) is 1.00. The summed E-state index contributed by atoms with van der Waals surface area (Å²) < 4.78 is 24.7. The molecule has 0 unspecified atom stereocenters. The van der Waals surface area contributed by atoms with Gasteiger partial charge >= 0.3 is 7.60 Å².